The van der Waals surface area contributed by atoms with Gasteiger partial charge in [-0.1, -0.05) is 11.8 Å². The molecule has 0 aliphatic rings. The Morgan fingerprint density at radius 3 is 2.79 bits per heavy atom. The number of halogens is 1. The molecule has 0 aromatic carbocycles. The van der Waals surface area contributed by atoms with Crippen LogP contribution in [0.15, 0.2) is 23.4 Å². The molecule has 0 spiro atoms. The molecule has 0 saturated carbocycles. The van der Waals surface area contributed by atoms with Gasteiger partial charge in [-0.3, -0.25) is 4.79 Å². The number of aromatic nitrogens is 1. The molecule has 14 heavy (non-hydrogen) atoms. The van der Waals surface area contributed by atoms with Crippen molar-refractivity contribution in [2.75, 3.05) is 0 Å². The molecular formula is C9H10FNO2S. The SMILES string of the molecule is CC(C)(Sc1ncccc1F)C(=O)O. The largest absolute Gasteiger partial charge is 0.480 e. The molecule has 1 rings (SSSR count). The summed E-state index contributed by atoms with van der Waals surface area (Å²) in [5.74, 6) is -1.49. The maximum Gasteiger partial charge on any atom is 0.319 e. The molecule has 5 heteroatoms. The third-order valence-corrected chi connectivity index (χ3v) is 2.77. The lowest BCUT2D eigenvalue weighted by molar-refractivity contribution is -0.138. The van der Waals surface area contributed by atoms with Gasteiger partial charge in [0.05, 0.1) is 0 Å². The van der Waals surface area contributed by atoms with Crippen LogP contribution in [0.4, 0.5) is 4.39 Å². The summed E-state index contributed by atoms with van der Waals surface area (Å²) in [6.45, 7) is 3.02. The molecule has 3 nitrogen and oxygen atoms in total. The van der Waals surface area contributed by atoms with Crippen molar-refractivity contribution >= 4 is 17.7 Å². The van der Waals surface area contributed by atoms with Crippen molar-refractivity contribution in [1.82, 2.24) is 4.98 Å². The Kier molecular flexibility index (Phi) is 3.10. The molecule has 1 aromatic heterocycles. The number of pyridine rings is 1. The number of carboxylic acids is 1. The van der Waals surface area contributed by atoms with Crippen LogP contribution < -0.4 is 0 Å². The molecule has 0 amide bonds. The van der Waals surface area contributed by atoms with E-state index in [2.05, 4.69) is 4.98 Å². The predicted molar refractivity (Wildman–Crippen MR) is 51.8 cm³/mol. The number of carboxylic acid groups (broad SMARTS) is 1. The molecule has 0 fully saturated rings. The number of aliphatic carboxylic acids is 1. The highest BCUT2D eigenvalue weighted by Crippen LogP contribution is 2.32. The van der Waals surface area contributed by atoms with Crippen molar-refractivity contribution in [2.45, 2.75) is 23.6 Å². The van der Waals surface area contributed by atoms with Crippen molar-refractivity contribution in [3.8, 4) is 0 Å². The highest BCUT2D eigenvalue weighted by molar-refractivity contribution is 8.01. The predicted octanol–water partition coefficient (Wildman–Crippen LogP) is 2.18. The highest BCUT2D eigenvalue weighted by Gasteiger charge is 2.30. The zero-order valence-corrected chi connectivity index (χ0v) is 8.64. The lowest BCUT2D eigenvalue weighted by Gasteiger charge is -2.17. The van der Waals surface area contributed by atoms with Gasteiger partial charge < -0.3 is 5.11 Å². The van der Waals surface area contributed by atoms with Crippen molar-refractivity contribution in [3.63, 3.8) is 0 Å². The van der Waals surface area contributed by atoms with Gasteiger partial charge in [0.15, 0.2) is 5.82 Å². The third kappa shape index (κ3) is 2.45. The van der Waals surface area contributed by atoms with E-state index in [0.29, 0.717) is 0 Å². The van der Waals surface area contributed by atoms with E-state index in [-0.39, 0.29) is 5.03 Å². The van der Waals surface area contributed by atoms with E-state index in [4.69, 9.17) is 5.11 Å². The van der Waals surface area contributed by atoms with Gasteiger partial charge in [0, 0.05) is 6.20 Å². The second-order valence-corrected chi connectivity index (χ2v) is 4.82. The fourth-order valence-electron chi connectivity index (χ4n) is 0.732. The first-order chi connectivity index (χ1) is 6.43. The van der Waals surface area contributed by atoms with Crippen molar-refractivity contribution in [1.29, 1.82) is 0 Å². The van der Waals surface area contributed by atoms with Crippen LogP contribution >= 0.6 is 11.8 Å². The molecule has 0 unspecified atom stereocenters. The average Bonchev–Trinajstić information content (AvgIpc) is 2.08. The molecule has 76 valence electrons. The standard InChI is InChI=1S/C9H10FNO2S/c1-9(2,8(12)13)14-7-6(10)4-3-5-11-7/h3-5H,1-2H3,(H,12,13). The van der Waals surface area contributed by atoms with Crippen molar-refractivity contribution < 1.29 is 14.3 Å². The van der Waals surface area contributed by atoms with Crippen LogP contribution in [0.2, 0.25) is 0 Å². The maximum absolute atomic E-state index is 13.1. The number of carbonyl (C=O) groups is 1. The zero-order valence-electron chi connectivity index (χ0n) is 7.82. The van der Waals surface area contributed by atoms with E-state index in [1.807, 2.05) is 0 Å². The fraction of sp³-hybridized carbons (Fsp3) is 0.333. The normalized spacial score (nSPS) is 11.4. The van der Waals surface area contributed by atoms with Gasteiger partial charge in [0.1, 0.15) is 9.77 Å². The average molecular weight is 215 g/mol. The molecule has 0 bridgehead atoms. The van der Waals surface area contributed by atoms with Gasteiger partial charge in [-0.25, -0.2) is 9.37 Å². The first-order valence-electron chi connectivity index (χ1n) is 3.96. The van der Waals surface area contributed by atoms with Crippen LogP contribution in [0.1, 0.15) is 13.8 Å². The van der Waals surface area contributed by atoms with E-state index in [9.17, 15) is 9.18 Å². The topological polar surface area (TPSA) is 50.2 Å². The van der Waals surface area contributed by atoms with Crippen LogP contribution in [0.3, 0.4) is 0 Å². The number of hydrogen-bond acceptors (Lipinski definition) is 3. The van der Waals surface area contributed by atoms with Crippen LogP contribution in [-0.4, -0.2) is 20.8 Å². The Balaban J connectivity index is 2.89. The first kappa shape index (κ1) is 11.0. The highest BCUT2D eigenvalue weighted by atomic mass is 32.2. The van der Waals surface area contributed by atoms with E-state index in [1.165, 1.54) is 32.2 Å². The lowest BCUT2D eigenvalue weighted by Crippen LogP contribution is -2.27. The van der Waals surface area contributed by atoms with Crippen LogP contribution in [0.25, 0.3) is 0 Å². The minimum absolute atomic E-state index is 0.111. The first-order valence-corrected chi connectivity index (χ1v) is 4.78. The summed E-state index contributed by atoms with van der Waals surface area (Å²) in [6, 6.07) is 2.72. The summed E-state index contributed by atoms with van der Waals surface area (Å²) in [6.07, 6.45) is 1.43. The fourth-order valence-corrected chi connectivity index (χ4v) is 1.58. The number of thioether (sulfide) groups is 1. The molecule has 1 aromatic rings. The maximum atomic E-state index is 13.1. The molecule has 0 radical (unpaired) electrons. The second kappa shape index (κ2) is 3.96. The van der Waals surface area contributed by atoms with Crippen molar-refractivity contribution in [2.24, 2.45) is 0 Å². The van der Waals surface area contributed by atoms with Gasteiger partial charge in [-0.15, -0.1) is 0 Å². The van der Waals surface area contributed by atoms with Gasteiger partial charge in [-0.05, 0) is 26.0 Å². The van der Waals surface area contributed by atoms with Gasteiger partial charge in [0.2, 0.25) is 0 Å². The van der Waals surface area contributed by atoms with Gasteiger partial charge in [-0.2, -0.15) is 0 Å². The third-order valence-electron chi connectivity index (χ3n) is 1.59. The quantitative estimate of drug-likeness (QED) is 0.785. The Morgan fingerprint density at radius 1 is 1.64 bits per heavy atom. The number of hydrogen-bond donors (Lipinski definition) is 1. The summed E-state index contributed by atoms with van der Waals surface area (Å²) in [4.78, 5) is 14.5. The molecular weight excluding hydrogens is 205 g/mol. The van der Waals surface area contributed by atoms with Gasteiger partial charge in [0.25, 0.3) is 0 Å². The Bertz CT molecular complexity index is 354. The summed E-state index contributed by atoms with van der Waals surface area (Å²) in [5.41, 5.74) is 0. The van der Waals surface area contributed by atoms with Crippen LogP contribution in [0, 0.1) is 5.82 Å². The molecule has 0 saturated heterocycles. The van der Waals surface area contributed by atoms with E-state index in [1.54, 1.807) is 0 Å². The minimum Gasteiger partial charge on any atom is -0.480 e. The monoisotopic (exact) mass is 215 g/mol. The summed E-state index contributed by atoms with van der Waals surface area (Å²) in [7, 11) is 0. The Labute approximate surface area is 85.4 Å². The zero-order chi connectivity index (χ0) is 10.8. The smallest absolute Gasteiger partial charge is 0.319 e. The van der Waals surface area contributed by atoms with E-state index in [0.717, 1.165) is 11.8 Å². The molecule has 0 aliphatic carbocycles. The Hall–Kier alpha value is -1.10. The van der Waals surface area contributed by atoms with Crippen molar-refractivity contribution in [3.05, 3.63) is 24.1 Å². The van der Waals surface area contributed by atoms with E-state index >= 15 is 0 Å². The van der Waals surface area contributed by atoms with Gasteiger partial charge >= 0.3 is 5.97 Å². The molecule has 0 aliphatic heterocycles. The summed E-state index contributed by atoms with van der Waals surface area (Å²) in [5, 5.41) is 8.93. The number of nitrogens with zero attached hydrogens (tertiary/aromatic N) is 1. The van der Waals surface area contributed by atoms with Crippen LogP contribution in [0.5, 0.6) is 0 Å². The molecule has 0 atom stereocenters. The molecule has 1 N–H and O–H groups in total. The summed E-state index contributed by atoms with van der Waals surface area (Å²) < 4.78 is 12.0. The minimum atomic E-state index is -1.07. The molecule has 1 heterocycles. The number of rotatable bonds is 3. The van der Waals surface area contributed by atoms with Crippen LogP contribution in [-0.2, 0) is 4.79 Å². The Morgan fingerprint density at radius 2 is 2.29 bits per heavy atom. The second-order valence-electron chi connectivity index (χ2n) is 3.21. The summed E-state index contributed by atoms with van der Waals surface area (Å²) >= 11 is 0.895. The van der Waals surface area contributed by atoms with E-state index < -0.39 is 16.5 Å². The lowest BCUT2D eigenvalue weighted by atomic mass is 10.2.